The lowest BCUT2D eigenvalue weighted by Crippen LogP contribution is -2.41. The zero-order valence-electron chi connectivity index (χ0n) is 12.5. The van der Waals surface area contributed by atoms with E-state index in [-0.39, 0.29) is 17.0 Å². The first-order valence-electron chi connectivity index (χ1n) is 7.28. The molecule has 0 saturated carbocycles. The summed E-state index contributed by atoms with van der Waals surface area (Å²) in [6.45, 7) is 1.21. The Bertz CT molecular complexity index is 706. The third kappa shape index (κ3) is 3.81. The lowest BCUT2D eigenvalue weighted by Gasteiger charge is -2.32. The smallest absolute Gasteiger partial charge is 0.355 e. The molecule has 0 aliphatic carbocycles. The maximum atomic E-state index is 12.5. The van der Waals surface area contributed by atoms with Crippen molar-refractivity contribution in [2.75, 3.05) is 23.3 Å². The number of hydrogen-bond acceptors (Lipinski definition) is 6. The van der Waals surface area contributed by atoms with E-state index in [1.54, 1.807) is 18.6 Å². The fraction of sp³-hybridized carbons (Fsp3) is 0.429. The van der Waals surface area contributed by atoms with E-state index in [0.717, 1.165) is 29.7 Å². The van der Waals surface area contributed by atoms with Gasteiger partial charge in [-0.1, -0.05) is 0 Å². The zero-order valence-corrected chi connectivity index (χ0v) is 13.3. The average Bonchev–Trinajstić information content (AvgIpc) is 3.05. The monoisotopic (exact) mass is 357 g/mol. The van der Waals surface area contributed by atoms with Crippen molar-refractivity contribution in [3.63, 3.8) is 0 Å². The van der Waals surface area contributed by atoms with Gasteiger partial charge in [0.1, 0.15) is 5.82 Å². The van der Waals surface area contributed by atoms with E-state index in [1.165, 1.54) is 0 Å². The van der Waals surface area contributed by atoms with Gasteiger partial charge >= 0.3 is 6.18 Å². The van der Waals surface area contributed by atoms with Crippen LogP contribution in [-0.4, -0.2) is 33.9 Å². The molecule has 0 bridgehead atoms. The SMILES string of the molecule is O=C(Nc1nc(C(F)(F)F)cs1)C1CCCN(c2cnccn2)C1. The van der Waals surface area contributed by atoms with Crippen LogP contribution in [0, 0.1) is 5.92 Å². The molecule has 128 valence electrons. The Kier molecular flexibility index (Phi) is 4.65. The summed E-state index contributed by atoms with van der Waals surface area (Å²) in [7, 11) is 0. The fourth-order valence-electron chi connectivity index (χ4n) is 2.52. The van der Waals surface area contributed by atoms with Gasteiger partial charge in [0.25, 0.3) is 0 Å². The molecule has 1 unspecified atom stereocenters. The van der Waals surface area contributed by atoms with Crippen molar-refractivity contribution < 1.29 is 18.0 Å². The van der Waals surface area contributed by atoms with Crippen molar-refractivity contribution in [3.05, 3.63) is 29.7 Å². The van der Waals surface area contributed by atoms with Gasteiger partial charge in [-0.3, -0.25) is 9.78 Å². The summed E-state index contributed by atoms with van der Waals surface area (Å²) in [5, 5.41) is 3.34. The molecule has 0 radical (unpaired) electrons. The van der Waals surface area contributed by atoms with Crippen LogP contribution in [0.2, 0.25) is 0 Å². The maximum absolute atomic E-state index is 12.5. The highest BCUT2D eigenvalue weighted by Crippen LogP contribution is 2.32. The van der Waals surface area contributed by atoms with Gasteiger partial charge in [-0.15, -0.1) is 11.3 Å². The first-order chi connectivity index (χ1) is 11.4. The van der Waals surface area contributed by atoms with Crippen LogP contribution in [0.3, 0.4) is 0 Å². The first kappa shape index (κ1) is 16.6. The number of alkyl halides is 3. The molecule has 1 aliphatic heterocycles. The highest BCUT2D eigenvalue weighted by Gasteiger charge is 2.34. The molecule has 1 amide bonds. The zero-order chi connectivity index (χ0) is 17.2. The van der Waals surface area contributed by atoms with Crippen molar-refractivity contribution in [1.29, 1.82) is 0 Å². The van der Waals surface area contributed by atoms with Gasteiger partial charge in [0.2, 0.25) is 5.91 Å². The van der Waals surface area contributed by atoms with Gasteiger partial charge in [0.15, 0.2) is 10.8 Å². The number of rotatable bonds is 3. The van der Waals surface area contributed by atoms with Crippen LogP contribution in [0.1, 0.15) is 18.5 Å². The van der Waals surface area contributed by atoms with Crippen LogP contribution < -0.4 is 10.2 Å². The number of piperidine rings is 1. The number of carbonyl (C=O) groups is 1. The van der Waals surface area contributed by atoms with Crippen LogP contribution in [0.15, 0.2) is 24.0 Å². The lowest BCUT2D eigenvalue weighted by molar-refractivity contribution is -0.140. The second-order valence-electron chi connectivity index (χ2n) is 5.37. The number of aromatic nitrogens is 3. The number of hydrogen-bond donors (Lipinski definition) is 1. The molecule has 6 nitrogen and oxygen atoms in total. The molecule has 0 aromatic carbocycles. The van der Waals surface area contributed by atoms with Gasteiger partial charge < -0.3 is 10.2 Å². The third-order valence-corrected chi connectivity index (χ3v) is 4.45. The second kappa shape index (κ2) is 6.71. The first-order valence-corrected chi connectivity index (χ1v) is 8.16. The van der Waals surface area contributed by atoms with Gasteiger partial charge in [-0.25, -0.2) is 9.97 Å². The largest absolute Gasteiger partial charge is 0.434 e. The number of halogens is 3. The van der Waals surface area contributed by atoms with Gasteiger partial charge in [0, 0.05) is 30.9 Å². The van der Waals surface area contributed by atoms with Gasteiger partial charge in [0.05, 0.1) is 12.1 Å². The average molecular weight is 357 g/mol. The summed E-state index contributed by atoms with van der Waals surface area (Å²) in [6, 6.07) is 0. The molecular formula is C14H14F3N5OS. The summed E-state index contributed by atoms with van der Waals surface area (Å²) >= 11 is 0.767. The molecule has 2 aromatic heterocycles. The molecule has 3 heterocycles. The minimum atomic E-state index is -4.51. The van der Waals surface area contributed by atoms with Crippen LogP contribution in [-0.2, 0) is 11.0 Å². The Balaban J connectivity index is 1.63. The molecule has 3 rings (SSSR count). The summed E-state index contributed by atoms with van der Waals surface area (Å²) in [4.78, 5) is 25.9. The Morgan fingerprint density at radius 1 is 1.38 bits per heavy atom. The molecule has 1 atom stereocenters. The highest BCUT2D eigenvalue weighted by atomic mass is 32.1. The topological polar surface area (TPSA) is 71.0 Å². The predicted octanol–water partition coefficient (Wildman–Crippen LogP) is 2.81. The minimum Gasteiger partial charge on any atom is -0.355 e. The third-order valence-electron chi connectivity index (χ3n) is 3.69. The molecule has 10 heteroatoms. The lowest BCUT2D eigenvalue weighted by atomic mass is 9.97. The van der Waals surface area contributed by atoms with Crippen molar-refractivity contribution in [2.45, 2.75) is 19.0 Å². The van der Waals surface area contributed by atoms with Crippen molar-refractivity contribution in [2.24, 2.45) is 5.92 Å². The van der Waals surface area contributed by atoms with Crippen molar-refractivity contribution >= 4 is 28.2 Å². The number of amides is 1. The molecule has 1 saturated heterocycles. The number of anilines is 2. The van der Waals surface area contributed by atoms with Crippen molar-refractivity contribution in [1.82, 2.24) is 15.0 Å². The Morgan fingerprint density at radius 2 is 2.21 bits per heavy atom. The van der Waals surface area contributed by atoms with E-state index in [2.05, 4.69) is 20.3 Å². The molecular weight excluding hydrogens is 343 g/mol. The molecule has 1 fully saturated rings. The van der Waals surface area contributed by atoms with E-state index in [1.807, 2.05) is 4.90 Å². The van der Waals surface area contributed by atoms with Crippen LogP contribution in [0.25, 0.3) is 0 Å². The fourth-order valence-corrected chi connectivity index (χ4v) is 3.24. The molecule has 2 aromatic rings. The predicted molar refractivity (Wildman–Crippen MR) is 82.7 cm³/mol. The van der Waals surface area contributed by atoms with Gasteiger partial charge in [-0.2, -0.15) is 13.2 Å². The van der Waals surface area contributed by atoms with E-state index in [9.17, 15) is 18.0 Å². The summed E-state index contributed by atoms with van der Waals surface area (Å²) in [6.07, 6.45) is 1.72. The second-order valence-corrected chi connectivity index (χ2v) is 6.23. The molecule has 1 N–H and O–H groups in total. The Hall–Kier alpha value is -2.23. The van der Waals surface area contributed by atoms with E-state index < -0.39 is 11.9 Å². The van der Waals surface area contributed by atoms with E-state index >= 15 is 0 Å². The normalized spacial score (nSPS) is 18.5. The maximum Gasteiger partial charge on any atom is 0.434 e. The standard InChI is InChI=1S/C14H14F3N5OS/c15-14(16,17)10-8-24-13(20-10)21-12(23)9-2-1-5-22(7-9)11-6-18-3-4-19-11/h3-4,6,8-9H,1-2,5,7H2,(H,20,21,23). The Labute approximate surface area is 139 Å². The van der Waals surface area contributed by atoms with Crippen LogP contribution >= 0.6 is 11.3 Å². The molecule has 0 spiro atoms. The number of nitrogens with zero attached hydrogens (tertiary/aromatic N) is 4. The van der Waals surface area contributed by atoms with Crippen LogP contribution in [0.4, 0.5) is 24.1 Å². The van der Waals surface area contributed by atoms with Crippen LogP contribution in [0.5, 0.6) is 0 Å². The summed E-state index contributed by atoms with van der Waals surface area (Å²) < 4.78 is 37.6. The minimum absolute atomic E-state index is 0.0380. The van der Waals surface area contributed by atoms with E-state index in [0.29, 0.717) is 18.8 Å². The number of nitrogens with one attached hydrogen (secondary N) is 1. The van der Waals surface area contributed by atoms with Crippen molar-refractivity contribution in [3.8, 4) is 0 Å². The molecule has 24 heavy (non-hydrogen) atoms. The Morgan fingerprint density at radius 3 is 2.88 bits per heavy atom. The molecule has 1 aliphatic rings. The number of thiazole rings is 1. The highest BCUT2D eigenvalue weighted by molar-refractivity contribution is 7.13. The van der Waals surface area contributed by atoms with Gasteiger partial charge in [-0.05, 0) is 12.8 Å². The van der Waals surface area contributed by atoms with E-state index in [4.69, 9.17) is 0 Å². The summed E-state index contributed by atoms with van der Waals surface area (Å²) in [5.74, 6) is 0.0225. The summed E-state index contributed by atoms with van der Waals surface area (Å²) in [5.41, 5.74) is -0.993. The number of carbonyl (C=O) groups excluding carboxylic acids is 1. The quantitative estimate of drug-likeness (QED) is 0.915.